The number of halogens is 1. The molecule has 220 valence electrons. The van der Waals surface area contributed by atoms with E-state index in [0.29, 0.717) is 58.2 Å². The van der Waals surface area contributed by atoms with Crippen molar-refractivity contribution in [3.05, 3.63) is 96.3 Å². The number of furan rings is 1. The number of amides is 2. The minimum Gasteiger partial charge on any atom is -0.455 e. The number of allylic oxidation sites excluding steroid dienone is 1. The van der Waals surface area contributed by atoms with Gasteiger partial charge in [-0.3, -0.25) is 19.1 Å². The molecule has 4 aromatic rings. The number of Topliss-reactive ketones (excluding diaryl/α,β-unsaturated/α-hetero) is 1. The maximum Gasteiger partial charge on any atom is 0.255 e. The molecular weight excluding hydrogens is 571 g/mol. The quantitative estimate of drug-likeness (QED) is 0.180. The molecule has 2 amide bonds. The van der Waals surface area contributed by atoms with Gasteiger partial charge in [-0.1, -0.05) is 30.3 Å². The standard InChI is InChI=1S/C33H29FN2O6S/c1-3-23-17-33(23,32(39)36-43(40,41)25-12-13-25)18-27(37)22-6-4-5-20(15-22)21-9-14-28-26(16-21)29(31(38)35-2)30(42-28)19-7-10-24(34)11-8-19/h3-11,14-16,23,25H,1,12-13,17-18H2,2H3,(H,35,38)(H,36,39)/t23-,33-/m1/s1. The van der Waals surface area contributed by atoms with Gasteiger partial charge in [0.15, 0.2) is 5.78 Å². The average Bonchev–Trinajstić information content (AvgIpc) is 3.93. The van der Waals surface area contributed by atoms with E-state index >= 15 is 0 Å². The van der Waals surface area contributed by atoms with Crippen LogP contribution in [-0.2, 0) is 14.8 Å². The Morgan fingerprint density at radius 2 is 1.72 bits per heavy atom. The van der Waals surface area contributed by atoms with Crippen molar-refractivity contribution in [2.75, 3.05) is 7.05 Å². The fourth-order valence-corrected chi connectivity index (χ4v) is 6.96. The monoisotopic (exact) mass is 600 g/mol. The van der Waals surface area contributed by atoms with Crippen LogP contribution in [0.5, 0.6) is 0 Å². The van der Waals surface area contributed by atoms with Gasteiger partial charge in [-0.2, -0.15) is 0 Å². The molecule has 3 aromatic carbocycles. The number of nitrogens with one attached hydrogen (secondary N) is 2. The van der Waals surface area contributed by atoms with Crippen LogP contribution in [0.15, 0.2) is 83.8 Å². The average molecular weight is 601 g/mol. The fourth-order valence-electron chi connectivity index (χ4n) is 5.57. The van der Waals surface area contributed by atoms with Crippen LogP contribution in [0.25, 0.3) is 33.4 Å². The first-order chi connectivity index (χ1) is 20.6. The molecule has 0 spiro atoms. The second-order valence-electron chi connectivity index (χ2n) is 11.2. The van der Waals surface area contributed by atoms with E-state index in [9.17, 15) is 27.2 Å². The molecule has 2 fully saturated rings. The lowest BCUT2D eigenvalue weighted by atomic mass is 9.91. The Kier molecular flexibility index (Phi) is 7.04. The van der Waals surface area contributed by atoms with Crippen LogP contribution in [0.1, 0.15) is 46.4 Å². The van der Waals surface area contributed by atoms with Gasteiger partial charge in [0.25, 0.3) is 5.91 Å². The predicted molar refractivity (Wildman–Crippen MR) is 160 cm³/mol. The van der Waals surface area contributed by atoms with Crippen molar-refractivity contribution >= 4 is 38.6 Å². The zero-order valence-corrected chi connectivity index (χ0v) is 24.2. The number of ketones is 1. The summed E-state index contributed by atoms with van der Waals surface area (Å²) in [4.78, 5) is 39.5. The Balaban J connectivity index is 1.31. The Morgan fingerprint density at radius 3 is 2.37 bits per heavy atom. The first-order valence-electron chi connectivity index (χ1n) is 13.9. The van der Waals surface area contributed by atoms with Crippen molar-refractivity contribution in [1.82, 2.24) is 10.0 Å². The van der Waals surface area contributed by atoms with E-state index in [1.54, 1.807) is 48.5 Å². The minimum atomic E-state index is -3.75. The number of sulfonamides is 1. The highest BCUT2D eigenvalue weighted by molar-refractivity contribution is 7.90. The predicted octanol–water partition coefficient (Wildman–Crippen LogP) is 5.64. The zero-order valence-electron chi connectivity index (χ0n) is 23.4. The highest BCUT2D eigenvalue weighted by Gasteiger charge is 2.60. The highest BCUT2D eigenvalue weighted by Crippen LogP contribution is 2.57. The lowest BCUT2D eigenvalue weighted by molar-refractivity contribution is -0.124. The van der Waals surface area contributed by atoms with E-state index in [1.165, 1.54) is 19.2 Å². The van der Waals surface area contributed by atoms with Crippen LogP contribution in [0.4, 0.5) is 4.39 Å². The van der Waals surface area contributed by atoms with Crippen LogP contribution in [0.3, 0.4) is 0 Å². The molecule has 2 saturated carbocycles. The third-order valence-corrected chi connectivity index (χ3v) is 10.1. The topological polar surface area (TPSA) is 123 Å². The molecule has 0 radical (unpaired) electrons. The number of hydrogen-bond acceptors (Lipinski definition) is 6. The Hall–Kier alpha value is -4.57. The fraction of sp³-hybridized carbons (Fsp3) is 0.242. The summed E-state index contributed by atoms with van der Waals surface area (Å²) in [5.74, 6) is -1.71. The molecule has 6 rings (SSSR count). The summed E-state index contributed by atoms with van der Waals surface area (Å²) in [5, 5.41) is 2.64. The SMILES string of the molecule is C=C[C@@H]1C[C@]1(CC(=O)c1cccc(-c2ccc3oc(-c4ccc(F)cc4)c(C(=O)NC)c3c2)c1)C(=O)NS(=O)(=O)C1CC1. The lowest BCUT2D eigenvalue weighted by Crippen LogP contribution is -2.40. The molecule has 2 aliphatic rings. The molecule has 0 aliphatic heterocycles. The third kappa shape index (κ3) is 5.27. The van der Waals surface area contributed by atoms with Crippen molar-refractivity contribution in [2.24, 2.45) is 11.3 Å². The highest BCUT2D eigenvalue weighted by atomic mass is 32.2. The molecule has 2 N–H and O–H groups in total. The number of rotatable bonds is 10. The number of carbonyl (C=O) groups is 3. The zero-order chi connectivity index (χ0) is 30.5. The molecule has 10 heteroatoms. The van der Waals surface area contributed by atoms with Gasteiger partial charge >= 0.3 is 0 Å². The number of benzene rings is 3. The summed E-state index contributed by atoms with van der Waals surface area (Å²) >= 11 is 0. The van der Waals surface area contributed by atoms with Gasteiger partial charge in [0.2, 0.25) is 15.9 Å². The van der Waals surface area contributed by atoms with E-state index in [-0.39, 0.29) is 24.0 Å². The maximum absolute atomic E-state index is 13.5. The van der Waals surface area contributed by atoms with Crippen molar-refractivity contribution in [1.29, 1.82) is 0 Å². The van der Waals surface area contributed by atoms with Crippen LogP contribution in [0, 0.1) is 17.2 Å². The lowest BCUT2D eigenvalue weighted by Gasteiger charge is -2.16. The van der Waals surface area contributed by atoms with Gasteiger partial charge in [0.1, 0.15) is 17.2 Å². The Morgan fingerprint density at radius 1 is 1.02 bits per heavy atom. The van der Waals surface area contributed by atoms with Crippen molar-refractivity contribution in [3.63, 3.8) is 0 Å². The molecule has 2 aliphatic carbocycles. The van der Waals surface area contributed by atoms with E-state index in [0.717, 1.165) is 5.56 Å². The number of carbonyl (C=O) groups excluding carboxylic acids is 3. The first-order valence-corrected chi connectivity index (χ1v) is 15.5. The summed E-state index contributed by atoms with van der Waals surface area (Å²) in [6.07, 6.45) is 2.84. The molecule has 0 saturated heterocycles. The smallest absolute Gasteiger partial charge is 0.255 e. The Labute approximate surface area is 248 Å². The molecule has 43 heavy (non-hydrogen) atoms. The van der Waals surface area contributed by atoms with Gasteiger partial charge in [-0.05, 0) is 78.8 Å². The molecule has 2 atom stereocenters. The summed E-state index contributed by atoms with van der Waals surface area (Å²) in [6.45, 7) is 3.76. The largest absolute Gasteiger partial charge is 0.455 e. The van der Waals surface area contributed by atoms with Gasteiger partial charge in [0.05, 0.1) is 16.2 Å². The van der Waals surface area contributed by atoms with Crippen LogP contribution >= 0.6 is 0 Å². The van der Waals surface area contributed by atoms with E-state index < -0.39 is 32.4 Å². The van der Waals surface area contributed by atoms with E-state index in [1.807, 2.05) is 12.1 Å². The van der Waals surface area contributed by atoms with Crippen molar-refractivity contribution in [2.45, 2.75) is 30.9 Å². The van der Waals surface area contributed by atoms with E-state index in [4.69, 9.17) is 4.42 Å². The van der Waals surface area contributed by atoms with E-state index in [2.05, 4.69) is 16.6 Å². The maximum atomic E-state index is 13.5. The van der Waals surface area contributed by atoms with Gasteiger partial charge in [-0.15, -0.1) is 6.58 Å². The van der Waals surface area contributed by atoms with Gasteiger partial charge in [0, 0.05) is 30.0 Å². The normalized spacial score (nSPS) is 19.5. The second-order valence-corrected chi connectivity index (χ2v) is 13.1. The second kappa shape index (κ2) is 10.6. The Bertz CT molecular complexity index is 1910. The first kappa shape index (κ1) is 28.5. The van der Waals surface area contributed by atoms with Crippen molar-refractivity contribution in [3.8, 4) is 22.5 Å². The van der Waals surface area contributed by atoms with Gasteiger partial charge < -0.3 is 9.73 Å². The summed E-state index contributed by atoms with van der Waals surface area (Å²) in [6, 6.07) is 17.9. The summed E-state index contributed by atoms with van der Waals surface area (Å²) < 4.78 is 46.6. The molecule has 0 bridgehead atoms. The van der Waals surface area contributed by atoms with Gasteiger partial charge in [-0.25, -0.2) is 12.8 Å². The third-order valence-electron chi connectivity index (χ3n) is 8.31. The van der Waals surface area contributed by atoms with Crippen LogP contribution < -0.4 is 10.0 Å². The molecule has 1 aromatic heterocycles. The molecule has 0 unspecified atom stereocenters. The molecule has 1 heterocycles. The van der Waals surface area contributed by atoms with Crippen LogP contribution in [0.2, 0.25) is 0 Å². The van der Waals surface area contributed by atoms with Crippen LogP contribution in [-0.4, -0.2) is 38.3 Å². The number of hydrogen-bond donors (Lipinski definition) is 2. The summed E-state index contributed by atoms with van der Waals surface area (Å²) in [5.41, 5.74) is 1.96. The van der Waals surface area contributed by atoms with Crippen molar-refractivity contribution < 1.29 is 31.6 Å². The molecular formula is C33H29FN2O6S. The minimum absolute atomic E-state index is 0.151. The number of fused-ring (bicyclic) bond motifs is 1. The molecule has 8 nitrogen and oxygen atoms in total. The summed E-state index contributed by atoms with van der Waals surface area (Å²) in [7, 11) is -2.24.